The van der Waals surface area contributed by atoms with Crippen molar-refractivity contribution in [3.8, 4) is 11.5 Å². The normalized spacial score (nSPS) is 21.3. The maximum atomic E-state index is 12.7. The molecule has 0 saturated heterocycles. The zero-order chi connectivity index (χ0) is 20.3. The average molecular weight is 398 g/mol. The van der Waals surface area contributed by atoms with Crippen LogP contribution in [-0.2, 0) is 4.79 Å². The highest BCUT2D eigenvalue weighted by molar-refractivity contribution is 5.98. The summed E-state index contributed by atoms with van der Waals surface area (Å²) in [5.41, 5.74) is -0.0246. The number of para-hydroxylation sites is 1. The number of hydrogen-bond donors (Lipinski definition) is 2. The van der Waals surface area contributed by atoms with Gasteiger partial charge in [-0.15, -0.1) is 0 Å². The molecule has 2 saturated carbocycles. The van der Waals surface area contributed by atoms with Gasteiger partial charge in [0.25, 0.3) is 5.91 Å². The lowest BCUT2D eigenvalue weighted by atomic mass is 9.85. The third kappa shape index (κ3) is 5.09. The van der Waals surface area contributed by atoms with E-state index in [-0.39, 0.29) is 35.7 Å². The molecule has 0 aliphatic heterocycles. The number of methoxy groups -OCH3 is 1. The van der Waals surface area contributed by atoms with Gasteiger partial charge in [0.05, 0.1) is 19.2 Å². The number of carbonyl (C=O) groups excluding carboxylic acids is 1. The Hall–Kier alpha value is -2.42. The van der Waals surface area contributed by atoms with Crippen LogP contribution in [0.1, 0.15) is 36.0 Å². The minimum absolute atomic E-state index is 0.00983. The summed E-state index contributed by atoms with van der Waals surface area (Å²) in [6.07, 6.45) is 3.51. The maximum absolute atomic E-state index is 12.7. The fourth-order valence-electron chi connectivity index (χ4n) is 3.48. The zero-order valence-electron chi connectivity index (χ0n) is 15.6. The van der Waals surface area contributed by atoms with E-state index in [0.717, 1.165) is 19.4 Å². The Morgan fingerprint density at radius 1 is 1.32 bits per heavy atom. The molecule has 2 aliphatic carbocycles. The van der Waals surface area contributed by atoms with Crippen molar-refractivity contribution in [1.82, 2.24) is 10.2 Å². The second kappa shape index (κ2) is 8.72. The number of halogens is 2. The quantitative estimate of drug-likeness (QED) is 0.629. The number of carboxylic acid groups (broad SMARTS) is 1. The molecule has 7 nitrogen and oxygen atoms in total. The van der Waals surface area contributed by atoms with Gasteiger partial charge < -0.3 is 19.9 Å². The van der Waals surface area contributed by atoms with E-state index in [1.807, 2.05) is 4.90 Å². The van der Waals surface area contributed by atoms with E-state index in [1.165, 1.54) is 25.3 Å². The van der Waals surface area contributed by atoms with Crippen LogP contribution in [0, 0.1) is 5.92 Å². The lowest BCUT2D eigenvalue weighted by Gasteiger charge is -2.42. The van der Waals surface area contributed by atoms with Crippen molar-refractivity contribution < 1.29 is 33.0 Å². The van der Waals surface area contributed by atoms with Crippen LogP contribution < -0.4 is 14.8 Å². The van der Waals surface area contributed by atoms with E-state index in [9.17, 15) is 18.4 Å². The van der Waals surface area contributed by atoms with E-state index in [2.05, 4.69) is 10.1 Å². The molecule has 28 heavy (non-hydrogen) atoms. The van der Waals surface area contributed by atoms with Gasteiger partial charge in [0.15, 0.2) is 11.5 Å². The zero-order valence-corrected chi connectivity index (χ0v) is 15.6. The first-order chi connectivity index (χ1) is 13.4. The molecule has 2 N–H and O–H groups in total. The van der Waals surface area contributed by atoms with Gasteiger partial charge in [0, 0.05) is 18.6 Å². The van der Waals surface area contributed by atoms with Crippen LogP contribution in [0.15, 0.2) is 18.2 Å². The van der Waals surface area contributed by atoms with E-state index in [4.69, 9.17) is 9.84 Å². The van der Waals surface area contributed by atoms with Crippen LogP contribution in [-0.4, -0.2) is 60.8 Å². The highest BCUT2D eigenvalue weighted by atomic mass is 19.3. The summed E-state index contributed by atoms with van der Waals surface area (Å²) in [6.45, 7) is -2.33. The SMILES string of the molecule is COc1cccc(C(=O)NC2CC(N(CC(=O)O)CC3CC3)C2)c1OC(F)F. The fraction of sp³-hybridized carbons (Fsp3) is 0.579. The van der Waals surface area contributed by atoms with Crippen molar-refractivity contribution in [1.29, 1.82) is 0 Å². The second-order valence-electron chi connectivity index (χ2n) is 7.28. The molecule has 1 aromatic rings. The van der Waals surface area contributed by atoms with Gasteiger partial charge in [0.1, 0.15) is 0 Å². The summed E-state index contributed by atoms with van der Waals surface area (Å²) >= 11 is 0. The van der Waals surface area contributed by atoms with Crippen molar-refractivity contribution in [2.24, 2.45) is 5.92 Å². The fourth-order valence-corrected chi connectivity index (χ4v) is 3.48. The molecule has 0 radical (unpaired) electrons. The van der Waals surface area contributed by atoms with Crippen molar-refractivity contribution in [3.63, 3.8) is 0 Å². The Morgan fingerprint density at radius 2 is 2.04 bits per heavy atom. The molecule has 0 aromatic heterocycles. The molecular formula is C19H24F2N2O5. The monoisotopic (exact) mass is 398 g/mol. The number of rotatable bonds is 10. The lowest BCUT2D eigenvalue weighted by Crippen LogP contribution is -2.55. The molecule has 0 atom stereocenters. The number of alkyl halides is 2. The molecule has 2 aliphatic rings. The first kappa shape index (κ1) is 20.3. The first-order valence-electron chi connectivity index (χ1n) is 9.26. The summed E-state index contributed by atoms with van der Waals surface area (Å²) in [4.78, 5) is 25.6. The summed E-state index contributed by atoms with van der Waals surface area (Å²) in [5.74, 6) is -1.06. The third-order valence-corrected chi connectivity index (χ3v) is 5.14. The molecule has 154 valence electrons. The summed E-state index contributed by atoms with van der Waals surface area (Å²) < 4.78 is 34.9. The Balaban J connectivity index is 1.59. The van der Waals surface area contributed by atoms with E-state index in [0.29, 0.717) is 18.8 Å². The van der Waals surface area contributed by atoms with Gasteiger partial charge >= 0.3 is 12.6 Å². The minimum atomic E-state index is -3.08. The highest BCUT2D eigenvalue weighted by Gasteiger charge is 2.38. The molecule has 1 aromatic carbocycles. The van der Waals surface area contributed by atoms with Crippen LogP contribution in [0.5, 0.6) is 11.5 Å². The minimum Gasteiger partial charge on any atom is -0.493 e. The number of carbonyl (C=O) groups is 2. The topological polar surface area (TPSA) is 88.1 Å². The predicted octanol–water partition coefficient (Wildman–Crippen LogP) is 2.35. The van der Waals surface area contributed by atoms with Gasteiger partial charge in [0.2, 0.25) is 0 Å². The average Bonchev–Trinajstić information content (AvgIpc) is 3.40. The molecule has 9 heteroatoms. The van der Waals surface area contributed by atoms with Crippen LogP contribution in [0.3, 0.4) is 0 Å². The lowest BCUT2D eigenvalue weighted by molar-refractivity contribution is -0.139. The molecule has 1 amide bonds. The smallest absolute Gasteiger partial charge is 0.387 e. The Labute approximate surface area is 161 Å². The number of hydrogen-bond acceptors (Lipinski definition) is 5. The van der Waals surface area contributed by atoms with Gasteiger partial charge in [-0.05, 0) is 43.7 Å². The number of nitrogens with zero attached hydrogens (tertiary/aromatic N) is 1. The van der Waals surface area contributed by atoms with Crippen molar-refractivity contribution in [3.05, 3.63) is 23.8 Å². The molecule has 0 unspecified atom stereocenters. The van der Waals surface area contributed by atoms with Crippen molar-refractivity contribution >= 4 is 11.9 Å². The van der Waals surface area contributed by atoms with Gasteiger partial charge in [-0.25, -0.2) is 0 Å². The summed E-state index contributed by atoms with van der Waals surface area (Å²) in [5, 5.41) is 11.9. The predicted molar refractivity (Wildman–Crippen MR) is 95.8 cm³/mol. The van der Waals surface area contributed by atoms with E-state index in [1.54, 1.807) is 0 Å². The van der Waals surface area contributed by atoms with E-state index < -0.39 is 18.5 Å². The second-order valence-corrected chi connectivity index (χ2v) is 7.28. The van der Waals surface area contributed by atoms with Crippen LogP contribution in [0.4, 0.5) is 8.78 Å². The molecule has 0 bridgehead atoms. The van der Waals surface area contributed by atoms with Gasteiger partial charge in [-0.2, -0.15) is 8.78 Å². The molecular weight excluding hydrogens is 374 g/mol. The molecule has 2 fully saturated rings. The van der Waals surface area contributed by atoms with Gasteiger partial charge in [-0.3, -0.25) is 14.5 Å². The number of benzene rings is 1. The molecule has 0 heterocycles. The van der Waals surface area contributed by atoms with Crippen LogP contribution in [0.25, 0.3) is 0 Å². The van der Waals surface area contributed by atoms with E-state index >= 15 is 0 Å². The molecule has 0 spiro atoms. The Bertz CT molecular complexity index is 720. The van der Waals surface area contributed by atoms with Gasteiger partial charge in [-0.1, -0.05) is 6.07 Å². The summed E-state index contributed by atoms with van der Waals surface area (Å²) in [7, 11) is 1.31. The number of aliphatic carboxylic acids is 1. The number of carboxylic acids is 1. The Morgan fingerprint density at radius 3 is 2.61 bits per heavy atom. The highest BCUT2D eigenvalue weighted by Crippen LogP contribution is 2.35. The molecule has 3 rings (SSSR count). The number of ether oxygens (including phenoxy) is 2. The summed E-state index contributed by atoms with van der Waals surface area (Å²) in [6, 6.07) is 4.33. The van der Waals surface area contributed by atoms with Crippen LogP contribution >= 0.6 is 0 Å². The standard InChI is InChI=1S/C19H24F2N2O5/c1-27-15-4-2-3-14(17(15)28-19(20)21)18(26)22-12-7-13(8-12)23(10-16(24)25)9-11-5-6-11/h2-4,11-13,19H,5-10H2,1H3,(H,22,26)(H,24,25). The largest absolute Gasteiger partial charge is 0.493 e. The van der Waals surface area contributed by atoms with Crippen molar-refractivity contribution in [2.75, 3.05) is 20.2 Å². The van der Waals surface area contributed by atoms with Crippen LogP contribution in [0.2, 0.25) is 0 Å². The Kier molecular flexibility index (Phi) is 6.33. The van der Waals surface area contributed by atoms with Crippen molar-refractivity contribution in [2.45, 2.75) is 44.4 Å². The first-order valence-corrected chi connectivity index (χ1v) is 9.26. The number of amides is 1. The maximum Gasteiger partial charge on any atom is 0.387 e. The number of nitrogens with one attached hydrogen (secondary N) is 1. The third-order valence-electron chi connectivity index (χ3n) is 5.14.